The van der Waals surface area contributed by atoms with Crippen LogP contribution in [0.25, 0.3) is 0 Å². The highest BCUT2D eigenvalue weighted by Gasteiger charge is 2.29. The van der Waals surface area contributed by atoms with Crippen LogP contribution < -0.4 is 5.73 Å². The molecule has 0 heterocycles. The number of carboxylic acid groups (broad SMARTS) is 2. The summed E-state index contributed by atoms with van der Waals surface area (Å²) in [5.41, 5.74) is 7.09. The van der Waals surface area contributed by atoms with Crippen LogP contribution in [0.1, 0.15) is 31.7 Å². The Labute approximate surface area is 172 Å². The van der Waals surface area contributed by atoms with Crippen LogP contribution in [0, 0.1) is 0 Å². The molecule has 0 bridgehead atoms. The molecule has 0 aliphatic rings. The monoisotopic (exact) mass is 465 g/mol. The molecule has 0 aliphatic carbocycles. The average Bonchev–Trinajstić information content (AvgIpc) is 2.66. The van der Waals surface area contributed by atoms with E-state index in [0.717, 1.165) is 10.9 Å². The maximum Gasteiger partial charge on any atom is 0.335 e. The molecule has 0 radical (unpaired) electrons. The zero-order chi connectivity index (χ0) is 21.7. The number of hydrogen-bond acceptors (Lipinski definition) is 7. The van der Waals surface area contributed by atoms with E-state index in [1.165, 1.54) is 5.56 Å². The van der Waals surface area contributed by atoms with Gasteiger partial charge in [0.2, 0.25) is 0 Å². The fourth-order valence-electron chi connectivity index (χ4n) is 2.16. The van der Waals surface area contributed by atoms with Crippen molar-refractivity contribution < 1.29 is 39.5 Å². The summed E-state index contributed by atoms with van der Waals surface area (Å²) in [7, 11) is 0. The Morgan fingerprint density at radius 1 is 1.00 bits per heavy atom. The van der Waals surface area contributed by atoms with Crippen LogP contribution in [0.2, 0.25) is 0 Å². The van der Waals surface area contributed by atoms with E-state index in [0.29, 0.717) is 19.8 Å². The first-order chi connectivity index (χ1) is 13.2. The summed E-state index contributed by atoms with van der Waals surface area (Å²) in [5.74, 6) is -3.27. The zero-order valence-corrected chi connectivity index (χ0v) is 17.4. The summed E-state index contributed by atoms with van der Waals surface area (Å²) in [6, 6.07) is 8.26. The van der Waals surface area contributed by atoms with Gasteiger partial charge in [0, 0.05) is 30.0 Å². The highest BCUT2D eigenvalue weighted by Crippen LogP contribution is 2.23. The van der Waals surface area contributed by atoms with E-state index in [4.69, 9.17) is 35.6 Å². The van der Waals surface area contributed by atoms with Gasteiger partial charge in [0.15, 0.2) is 18.5 Å². The maximum atomic E-state index is 9.77. The molecule has 160 valence electrons. The van der Waals surface area contributed by atoms with Crippen LogP contribution in [0.15, 0.2) is 28.7 Å². The molecule has 6 N–H and O–H groups in total. The van der Waals surface area contributed by atoms with Gasteiger partial charge in [0.1, 0.15) is 0 Å². The normalized spacial score (nSPS) is 14.0. The lowest BCUT2D eigenvalue weighted by Gasteiger charge is -2.22. The van der Waals surface area contributed by atoms with E-state index < -0.39 is 24.1 Å². The molecule has 10 heteroatoms. The first-order valence-electron chi connectivity index (χ1n) is 8.68. The van der Waals surface area contributed by atoms with Crippen molar-refractivity contribution in [3.05, 3.63) is 34.3 Å². The van der Waals surface area contributed by atoms with Crippen molar-refractivity contribution in [2.24, 2.45) is 5.73 Å². The lowest BCUT2D eigenvalue weighted by atomic mass is 9.95. The molecule has 0 aromatic heterocycles. The lowest BCUT2D eigenvalue weighted by molar-refractivity contribution is -0.165. The van der Waals surface area contributed by atoms with Gasteiger partial charge in [-0.1, -0.05) is 28.1 Å². The van der Waals surface area contributed by atoms with E-state index in [1.807, 2.05) is 26.0 Å². The molecule has 0 amide bonds. The van der Waals surface area contributed by atoms with Gasteiger partial charge in [0.25, 0.3) is 0 Å². The number of benzene rings is 1. The quantitative estimate of drug-likeness (QED) is 0.302. The van der Waals surface area contributed by atoms with Crippen LogP contribution in [-0.2, 0) is 19.1 Å². The third-order valence-corrected chi connectivity index (χ3v) is 4.14. The Morgan fingerprint density at radius 3 is 1.75 bits per heavy atom. The summed E-state index contributed by atoms with van der Waals surface area (Å²) in [6.45, 7) is 5.86. The van der Waals surface area contributed by atoms with Gasteiger partial charge in [-0.3, -0.25) is 0 Å². The summed E-state index contributed by atoms with van der Waals surface area (Å²) in [4.78, 5) is 19.5. The number of carbonyl (C=O) groups is 2. The largest absolute Gasteiger partial charge is 0.479 e. The Hall–Kier alpha value is -1.56. The topological polar surface area (TPSA) is 160 Å². The summed E-state index contributed by atoms with van der Waals surface area (Å²) in [6.07, 6.45) is -3.91. The number of halogens is 1. The summed E-state index contributed by atoms with van der Waals surface area (Å²) < 4.78 is 12.2. The Balaban J connectivity index is 0.000000621. The van der Waals surface area contributed by atoms with E-state index in [9.17, 15) is 9.59 Å². The third-order valence-electron chi connectivity index (χ3n) is 3.61. The molecular weight excluding hydrogens is 438 g/mol. The van der Waals surface area contributed by atoms with Crippen molar-refractivity contribution in [1.82, 2.24) is 0 Å². The number of hydrogen-bond donors (Lipinski definition) is 5. The van der Waals surface area contributed by atoms with Crippen LogP contribution >= 0.6 is 15.9 Å². The van der Waals surface area contributed by atoms with Crippen molar-refractivity contribution in [2.45, 2.75) is 44.7 Å². The number of rotatable bonds is 11. The molecule has 9 nitrogen and oxygen atoms in total. The van der Waals surface area contributed by atoms with Gasteiger partial charge in [-0.05, 0) is 38.1 Å². The molecular formula is C18H28BrNO8. The number of aliphatic carboxylic acids is 2. The molecule has 1 aromatic rings. The van der Waals surface area contributed by atoms with Crippen LogP contribution in [-0.4, -0.2) is 70.6 Å². The number of aliphatic hydroxyl groups is 2. The second kappa shape index (κ2) is 14.4. The first kappa shape index (κ1) is 26.4. The molecule has 0 aliphatic heterocycles. The van der Waals surface area contributed by atoms with Gasteiger partial charge in [-0.25, -0.2) is 9.59 Å². The first-order valence-corrected chi connectivity index (χ1v) is 9.47. The molecule has 2 unspecified atom stereocenters. The molecule has 3 atom stereocenters. The fraction of sp³-hybridized carbons (Fsp3) is 0.556. The van der Waals surface area contributed by atoms with Crippen molar-refractivity contribution >= 4 is 27.9 Å². The standard InChI is InChI=1S/C14H22BrNO2.C4H6O6/c1-3-17-14(18-4-2)9-12(10-16)11-5-7-13(15)8-6-11;5-1(3(7)8)2(6)4(9)10/h5-8,12,14H,3-4,9-10,16H2,1-2H3;1-2,5-6H,(H,7,8)(H,9,10)/t12-;/m1./s1. The van der Waals surface area contributed by atoms with Gasteiger partial charge < -0.3 is 35.6 Å². The van der Waals surface area contributed by atoms with E-state index in [1.54, 1.807) is 0 Å². The molecule has 0 fully saturated rings. The van der Waals surface area contributed by atoms with Gasteiger partial charge in [0.05, 0.1) is 0 Å². The van der Waals surface area contributed by atoms with Gasteiger partial charge >= 0.3 is 11.9 Å². The van der Waals surface area contributed by atoms with E-state index >= 15 is 0 Å². The van der Waals surface area contributed by atoms with Crippen LogP contribution in [0.5, 0.6) is 0 Å². The van der Waals surface area contributed by atoms with E-state index in [2.05, 4.69) is 28.1 Å². The molecule has 1 rings (SSSR count). The Kier molecular flexibility index (Phi) is 13.6. The number of aliphatic hydroxyl groups excluding tert-OH is 2. The lowest BCUT2D eigenvalue weighted by Crippen LogP contribution is -2.39. The third kappa shape index (κ3) is 10.1. The molecule has 0 saturated heterocycles. The smallest absolute Gasteiger partial charge is 0.335 e. The second-order valence-electron chi connectivity index (χ2n) is 5.63. The predicted molar refractivity (Wildman–Crippen MR) is 105 cm³/mol. The Morgan fingerprint density at radius 2 is 1.43 bits per heavy atom. The minimum atomic E-state index is -2.27. The van der Waals surface area contributed by atoms with Crippen LogP contribution in [0.4, 0.5) is 0 Å². The average molecular weight is 466 g/mol. The predicted octanol–water partition coefficient (Wildman–Crippen LogP) is 1.16. The van der Waals surface area contributed by atoms with Crippen LogP contribution in [0.3, 0.4) is 0 Å². The second-order valence-corrected chi connectivity index (χ2v) is 6.54. The van der Waals surface area contributed by atoms with Crippen molar-refractivity contribution in [1.29, 1.82) is 0 Å². The van der Waals surface area contributed by atoms with Crippen molar-refractivity contribution in [3.8, 4) is 0 Å². The van der Waals surface area contributed by atoms with Crippen molar-refractivity contribution in [2.75, 3.05) is 19.8 Å². The molecule has 28 heavy (non-hydrogen) atoms. The fourth-order valence-corrected chi connectivity index (χ4v) is 2.43. The maximum absolute atomic E-state index is 9.77. The van der Waals surface area contributed by atoms with Gasteiger partial charge in [-0.15, -0.1) is 0 Å². The number of nitrogens with two attached hydrogens (primary N) is 1. The Bertz CT molecular complexity index is 559. The minimum Gasteiger partial charge on any atom is -0.479 e. The summed E-state index contributed by atoms with van der Waals surface area (Å²) in [5, 5.41) is 32.5. The highest BCUT2D eigenvalue weighted by molar-refractivity contribution is 9.10. The SMILES string of the molecule is CCOC(C[C@H](CN)c1ccc(Br)cc1)OCC.O=C(O)C(O)C(O)C(=O)O. The molecule has 0 spiro atoms. The minimum absolute atomic E-state index is 0.169. The zero-order valence-electron chi connectivity index (χ0n) is 15.8. The number of carboxylic acids is 2. The molecule has 1 aromatic carbocycles. The summed E-state index contributed by atoms with van der Waals surface area (Å²) >= 11 is 3.44. The van der Waals surface area contributed by atoms with Gasteiger partial charge in [-0.2, -0.15) is 0 Å². The highest BCUT2D eigenvalue weighted by atomic mass is 79.9. The van der Waals surface area contributed by atoms with E-state index in [-0.39, 0.29) is 12.2 Å². The van der Waals surface area contributed by atoms with Crippen molar-refractivity contribution in [3.63, 3.8) is 0 Å². The number of ether oxygens (including phenoxy) is 2. The molecule has 0 saturated carbocycles.